The number of fused-ring (bicyclic) bond motifs is 1. The molecule has 4 aromatic rings. The van der Waals surface area contributed by atoms with Gasteiger partial charge in [-0.2, -0.15) is 5.10 Å². The molecule has 3 heterocycles. The molecule has 7 heteroatoms. The second kappa shape index (κ2) is 8.18. The van der Waals surface area contributed by atoms with E-state index in [1.807, 2.05) is 48.4 Å². The van der Waals surface area contributed by atoms with Crippen molar-refractivity contribution >= 4 is 22.5 Å². The average Bonchev–Trinajstić information content (AvgIpc) is 3.26. The Morgan fingerprint density at radius 3 is 2.52 bits per heavy atom. The van der Waals surface area contributed by atoms with Crippen molar-refractivity contribution in [2.45, 2.75) is 13.3 Å². The summed E-state index contributed by atoms with van der Waals surface area (Å²) in [7, 11) is 0. The van der Waals surface area contributed by atoms with E-state index >= 15 is 0 Å². The van der Waals surface area contributed by atoms with Gasteiger partial charge < -0.3 is 9.80 Å². The molecule has 0 saturated carbocycles. The van der Waals surface area contributed by atoms with E-state index in [-0.39, 0.29) is 5.91 Å². The van der Waals surface area contributed by atoms with E-state index in [4.69, 9.17) is 0 Å². The Balaban J connectivity index is 1.25. The highest BCUT2D eigenvalue weighted by molar-refractivity contribution is 5.90. The summed E-state index contributed by atoms with van der Waals surface area (Å²) in [6.45, 7) is 4.81. The van der Waals surface area contributed by atoms with Crippen molar-refractivity contribution in [1.29, 1.82) is 0 Å². The minimum absolute atomic E-state index is 0.173. The number of aryl methyl sites for hydroxylation is 1. The van der Waals surface area contributed by atoms with Gasteiger partial charge in [0, 0.05) is 38.4 Å². The fraction of sp³-hybridized carbons (Fsp3) is 0.250. The first-order chi connectivity index (χ1) is 15.2. The topological polar surface area (TPSA) is 67.2 Å². The van der Waals surface area contributed by atoms with Crippen LogP contribution >= 0.6 is 0 Å². The zero-order valence-corrected chi connectivity index (χ0v) is 17.5. The number of rotatable bonds is 4. The third-order valence-electron chi connectivity index (χ3n) is 5.77. The Bertz CT molecular complexity index is 1220. The molecule has 0 atom stereocenters. The van der Waals surface area contributed by atoms with Gasteiger partial charge in [0.25, 0.3) is 0 Å². The first-order valence-corrected chi connectivity index (χ1v) is 10.5. The zero-order chi connectivity index (χ0) is 21.2. The van der Waals surface area contributed by atoms with E-state index in [1.165, 1.54) is 5.39 Å². The standard InChI is InChI=1S/C24H24N6O/c1-18-9-10-30(27-18)23-16-22(25-17-26-23)28-11-13-29(14-12-28)24(31)15-20-7-4-6-19-5-2-3-8-21(19)20/h2-10,16-17H,11-15H2,1H3. The van der Waals surface area contributed by atoms with Gasteiger partial charge in [-0.3, -0.25) is 4.79 Å². The molecule has 1 saturated heterocycles. The summed E-state index contributed by atoms with van der Waals surface area (Å²) in [5, 5.41) is 6.74. The number of aromatic nitrogens is 4. The number of carbonyl (C=O) groups excluding carboxylic acids is 1. The van der Waals surface area contributed by atoms with Crippen molar-refractivity contribution in [3.8, 4) is 5.82 Å². The minimum atomic E-state index is 0.173. The second-order valence-corrected chi connectivity index (χ2v) is 7.82. The number of hydrogen-bond donors (Lipinski definition) is 0. The maximum absolute atomic E-state index is 13.0. The van der Waals surface area contributed by atoms with Gasteiger partial charge in [0.2, 0.25) is 5.91 Å². The summed E-state index contributed by atoms with van der Waals surface area (Å²) in [6, 6.07) is 18.3. The van der Waals surface area contributed by atoms with Crippen LogP contribution in [0.15, 0.2) is 67.1 Å². The highest BCUT2D eigenvalue weighted by atomic mass is 16.2. The number of piperazine rings is 1. The lowest BCUT2D eigenvalue weighted by Gasteiger charge is -2.35. The van der Waals surface area contributed by atoms with Crippen LogP contribution in [0.2, 0.25) is 0 Å². The van der Waals surface area contributed by atoms with Crippen molar-refractivity contribution in [1.82, 2.24) is 24.6 Å². The lowest BCUT2D eigenvalue weighted by atomic mass is 10.0. The molecule has 1 aliphatic rings. The first-order valence-electron chi connectivity index (χ1n) is 10.5. The van der Waals surface area contributed by atoms with Gasteiger partial charge in [0.15, 0.2) is 5.82 Å². The molecule has 0 aliphatic carbocycles. The third-order valence-corrected chi connectivity index (χ3v) is 5.77. The molecule has 0 N–H and O–H groups in total. The van der Waals surface area contributed by atoms with Gasteiger partial charge in [0.1, 0.15) is 12.1 Å². The lowest BCUT2D eigenvalue weighted by Crippen LogP contribution is -2.49. The molecule has 5 rings (SSSR count). The number of hydrogen-bond acceptors (Lipinski definition) is 5. The van der Waals surface area contributed by atoms with E-state index in [0.717, 1.165) is 41.4 Å². The van der Waals surface area contributed by atoms with Gasteiger partial charge in [-0.1, -0.05) is 42.5 Å². The zero-order valence-electron chi connectivity index (χ0n) is 17.5. The summed E-state index contributed by atoms with van der Waals surface area (Å²) in [6.07, 6.45) is 3.89. The molecule has 0 unspecified atom stereocenters. The predicted molar refractivity (Wildman–Crippen MR) is 120 cm³/mol. The van der Waals surface area contributed by atoms with Crippen LogP contribution in [0.3, 0.4) is 0 Å². The van der Waals surface area contributed by atoms with Gasteiger partial charge in [-0.25, -0.2) is 14.6 Å². The molecule has 0 bridgehead atoms. The quantitative estimate of drug-likeness (QED) is 0.516. The van der Waals surface area contributed by atoms with E-state index in [9.17, 15) is 4.79 Å². The van der Waals surface area contributed by atoms with E-state index < -0.39 is 0 Å². The Kier molecular flexibility index (Phi) is 5.08. The summed E-state index contributed by atoms with van der Waals surface area (Å²) in [5.41, 5.74) is 2.03. The molecule has 31 heavy (non-hydrogen) atoms. The van der Waals surface area contributed by atoms with Crippen molar-refractivity contribution < 1.29 is 4.79 Å². The third kappa shape index (κ3) is 3.99. The molecule has 7 nitrogen and oxygen atoms in total. The van der Waals surface area contributed by atoms with Crippen LogP contribution in [-0.2, 0) is 11.2 Å². The van der Waals surface area contributed by atoms with E-state index in [0.29, 0.717) is 19.5 Å². The number of carbonyl (C=O) groups is 1. The smallest absolute Gasteiger partial charge is 0.227 e. The van der Waals surface area contributed by atoms with Crippen LogP contribution < -0.4 is 4.90 Å². The lowest BCUT2D eigenvalue weighted by molar-refractivity contribution is -0.130. The fourth-order valence-corrected chi connectivity index (χ4v) is 4.08. The van der Waals surface area contributed by atoms with E-state index in [2.05, 4.69) is 44.2 Å². The minimum Gasteiger partial charge on any atom is -0.353 e. The molecule has 0 spiro atoms. The summed E-state index contributed by atoms with van der Waals surface area (Å²) >= 11 is 0. The summed E-state index contributed by atoms with van der Waals surface area (Å²) in [4.78, 5) is 25.9. The Morgan fingerprint density at radius 1 is 0.935 bits per heavy atom. The molecule has 1 aliphatic heterocycles. The van der Waals surface area contributed by atoms with Crippen molar-refractivity contribution in [3.63, 3.8) is 0 Å². The molecular formula is C24H24N6O. The molecule has 0 radical (unpaired) electrons. The number of anilines is 1. The SMILES string of the molecule is Cc1ccn(-c2cc(N3CCN(C(=O)Cc4cccc5ccccc45)CC3)ncn2)n1. The molecule has 2 aromatic carbocycles. The molecule has 1 fully saturated rings. The van der Waals surface area contributed by atoms with Crippen LogP contribution in [0, 0.1) is 6.92 Å². The van der Waals surface area contributed by atoms with Crippen molar-refractivity contribution in [2.24, 2.45) is 0 Å². The largest absolute Gasteiger partial charge is 0.353 e. The van der Waals surface area contributed by atoms with Crippen LogP contribution in [0.1, 0.15) is 11.3 Å². The summed E-state index contributed by atoms with van der Waals surface area (Å²) in [5.74, 6) is 1.78. The van der Waals surface area contributed by atoms with Crippen LogP contribution in [-0.4, -0.2) is 56.7 Å². The Hall–Kier alpha value is -3.74. The average molecular weight is 412 g/mol. The van der Waals surface area contributed by atoms with Crippen LogP contribution in [0.5, 0.6) is 0 Å². The van der Waals surface area contributed by atoms with Crippen LogP contribution in [0.25, 0.3) is 16.6 Å². The number of benzene rings is 2. The van der Waals surface area contributed by atoms with Gasteiger partial charge in [-0.15, -0.1) is 0 Å². The first kappa shape index (κ1) is 19.2. The highest BCUT2D eigenvalue weighted by Gasteiger charge is 2.23. The monoisotopic (exact) mass is 412 g/mol. The second-order valence-electron chi connectivity index (χ2n) is 7.82. The fourth-order valence-electron chi connectivity index (χ4n) is 4.08. The highest BCUT2D eigenvalue weighted by Crippen LogP contribution is 2.21. The number of amides is 1. The van der Waals surface area contributed by atoms with Gasteiger partial charge in [0.05, 0.1) is 12.1 Å². The molecule has 156 valence electrons. The van der Waals surface area contributed by atoms with Gasteiger partial charge in [-0.05, 0) is 29.3 Å². The van der Waals surface area contributed by atoms with E-state index in [1.54, 1.807) is 11.0 Å². The summed E-state index contributed by atoms with van der Waals surface area (Å²) < 4.78 is 1.75. The molecule has 2 aromatic heterocycles. The maximum atomic E-state index is 13.0. The molecule has 1 amide bonds. The normalized spacial score (nSPS) is 14.2. The molecular weight excluding hydrogens is 388 g/mol. The van der Waals surface area contributed by atoms with Crippen molar-refractivity contribution in [2.75, 3.05) is 31.1 Å². The predicted octanol–water partition coefficient (Wildman–Crippen LogP) is 3.02. The Labute approximate surface area is 181 Å². The van der Waals surface area contributed by atoms with Crippen molar-refractivity contribution in [3.05, 3.63) is 78.4 Å². The number of nitrogens with zero attached hydrogens (tertiary/aromatic N) is 6. The Morgan fingerprint density at radius 2 is 1.71 bits per heavy atom. The van der Waals surface area contributed by atoms with Crippen LogP contribution in [0.4, 0.5) is 5.82 Å². The van der Waals surface area contributed by atoms with Gasteiger partial charge >= 0.3 is 0 Å². The maximum Gasteiger partial charge on any atom is 0.227 e.